The Bertz CT molecular complexity index is 729. The van der Waals surface area contributed by atoms with Gasteiger partial charge in [-0.1, -0.05) is 54.6 Å². The molecule has 0 aliphatic carbocycles. The van der Waals surface area contributed by atoms with Crippen LogP contribution in [0, 0.1) is 0 Å². The molecule has 0 aliphatic rings. The number of fused-ring (bicyclic) bond motifs is 3. The van der Waals surface area contributed by atoms with Crippen LogP contribution in [-0.2, 0) is 0 Å². The minimum absolute atomic E-state index is 0.0804. The molecule has 0 saturated carbocycles. The molecule has 0 unspecified atom stereocenters. The van der Waals surface area contributed by atoms with E-state index in [0.29, 0.717) is 0 Å². The summed E-state index contributed by atoms with van der Waals surface area (Å²) in [4.78, 5) is 12.0. The van der Waals surface area contributed by atoms with Crippen LogP contribution in [0.25, 0.3) is 21.5 Å². The third-order valence-electron chi connectivity index (χ3n) is 2.84. The Labute approximate surface area is 93.0 Å². The van der Waals surface area contributed by atoms with Crippen molar-refractivity contribution in [2.45, 2.75) is 0 Å². The predicted octanol–water partition coefficient (Wildman–Crippen LogP) is 3.35. The fourth-order valence-corrected chi connectivity index (χ4v) is 2.09. The summed E-state index contributed by atoms with van der Waals surface area (Å²) in [7, 11) is 0. The molecular formula is C15H10O. The molecule has 3 aromatic rings. The zero-order valence-electron chi connectivity index (χ0n) is 8.68. The standard InChI is InChI=1S/C15H10O/c16-14-8-4-2-6-12-10-9-11-5-1-3-7-13(11)15(12)14/h1-10H. The van der Waals surface area contributed by atoms with Gasteiger partial charge in [0, 0.05) is 5.39 Å². The average molecular weight is 206 g/mol. The number of benzene rings is 2. The predicted molar refractivity (Wildman–Crippen MR) is 67.7 cm³/mol. The molecule has 0 spiro atoms. The van der Waals surface area contributed by atoms with Crippen LogP contribution in [0.2, 0.25) is 0 Å². The van der Waals surface area contributed by atoms with E-state index < -0.39 is 0 Å². The van der Waals surface area contributed by atoms with Crippen molar-refractivity contribution in [2.24, 2.45) is 0 Å². The molecule has 3 aromatic carbocycles. The highest BCUT2D eigenvalue weighted by atomic mass is 16.1. The first-order chi connectivity index (χ1) is 7.86. The molecule has 0 aromatic heterocycles. The van der Waals surface area contributed by atoms with Crippen LogP contribution < -0.4 is 5.43 Å². The third kappa shape index (κ3) is 1.29. The highest BCUT2D eigenvalue weighted by Crippen LogP contribution is 2.21. The van der Waals surface area contributed by atoms with Gasteiger partial charge < -0.3 is 0 Å². The van der Waals surface area contributed by atoms with Crippen molar-refractivity contribution in [1.29, 1.82) is 0 Å². The Morgan fingerprint density at radius 2 is 1.25 bits per heavy atom. The van der Waals surface area contributed by atoms with Crippen LogP contribution in [0.5, 0.6) is 0 Å². The minimum atomic E-state index is 0.0804. The van der Waals surface area contributed by atoms with Gasteiger partial charge >= 0.3 is 0 Å². The van der Waals surface area contributed by atoms with Crippen molar-refractivity contribution < 1.29 is 0 Å². The largest absolute Gasteiger partial charge is 0.289 e. The second-order valence-corrected chi connectivity index (χ2v) is 3.83. The Morgan fingerprint density at radius 3 is 2.12 bits per heavy atom. The lowest BCUT2D eigenvalue weighted by Crippen LogP contribution is -1.95. The summed E-state index contributed by atoms with van der Waals surface area (Å²) in [6.45, 7) is 0. The molecule has 0 aliphatic heterocycles. The fourth-order valence-electron chi connectivity index (χ4n) is 2.09. The molecule has 76 valence electrons. The van der Waals surface area contributed by atoms with Crippen molar-refractivity contribution in [3.05, 3.63) is 70.9 Å². The van der Waals surface area contributed by atoms with Crippen molar-refractivity contribution in [2.75, 3.05) is 0 Å². The maximum Gasteiger partial charge on any atom is 0.187 e. The van der Waals surface area contributed by atoms with E-state index in [1.807, 2.05) is 42.5 Å². The summed E-state index contributed by atoms with van der Waals surface area (Å²) < 4.78 is 0. The van der Waals surface area contributed by atoms with Crippen molar-refractivity contribution in [3.8, 4) is 0 Å². The first-order valence-corrected chi connectivity index (χ1v) is 5.27. The maximum absolute atomic E-state index is 12.0. The molecule has 1 heteroatoms. The summed E-state index contributed by atoms with van der Waals surface area (Å²) in [5, 5.41) is 3.94. The zero-order valence-corrected chi connectivity index (χ0v) is 8.68. The third-order valence-corrected chi connectivity index (χ3v) is 2.84. The quantitative estimate of drug-likeness (QED) is 0.551. The molecule has 0 bridgehead atoms. The number of hydrogen-bond acceptors (Lipinski definition) is 1. The molecule has 1 nitrogen and oxygen atoms in total. The molecular weight excluding hydrogens is 196 g/mol. The van der Waals surface area contributed by atoms with E-state index in [0.717, 1.165) is 21.5 Å². The summed E-state index contributed by atoms with van der Waals surface area (Å²) in [6, 6.07) is 19.3. The van der Waals surface area contributed by atoms with E-state index in [-0.39, 0.29) is 5.43 Å². The van der Waals surface area contributed by atoms with Gasteiger partial charge in [-0.05, 0) is 22.2 Å². The highest BCUT2D eigenvalue weighted by Gasteiger charge is 2.01. The molecule has 0 fully saturated rings. The van der Waals surface area contributed by atoms with Crippen LogP contribution in [0.4, 0.5) is 0 Å². The van der Waals surface area contributed by atoms with Gasteiger partial charge in [0.25, 0.3) is 0 Å². The molecule has 0 saturated heterocycles. The summed E-state index contributed by atoms with van der Waals surface area (Å²) in [5.74, 6) is 0. The van der Waals surface area contributed by atoms with Crippen LogP contribution in [0.1, 0.15) is 0 Å². The van der Waals surface area contributed by atoms with E-state index in [9.17, 15) is 4.79 Å². The van der Waals surface area contributed by atoms with E-state index in [1.165, 1.54) is 0 Å². The van der Waals surface area contributed by atoms with Gasteiger partial charge in [-0.3, -0.25) is 4.79 Å². The molecule has 0 heterocycles. The van der Waals surface area contributed by atoms with Crippen LogP contribution >= 0.6 is 0 Å². The van der Waals surface area contributed by atoms with E-state index in [2.05, 4.69) is 6.07 Å². The number of hydrogen-bond donors (Lipinski definition) is 0. The smallest absolute Gasteiger partial charge is 0.187 e. The molecule has 0 radical (unpaired) electrons. The monoisotopic (exact) mass is 206 g/mol. The highest BCUT2D eigenvalue weighted by molar-refractivity contribution is 6.06. The van der Waals surface area contributed by atoms with Gasteiger partial charge in [0.2, 0.25) is 0 Å². The molecule has 0 atom stereocenters. The summed E-state index contributed by atoms with van der Waals surface area (Å²) in [5.41, 5.74) is 0.0804. The molecule has 3 rings (SSSR count). The Morgan fingerprint density at radius 1 is 0.625 bits per heavy atom. The first-order valence-electron chi connectivity index (χ1n) is 5.27. The van der Waals surface area contributed by atoms with Crippen molar-refractivity contribution in [3.63, 3.8) is 0 Å². The Kier molecular flexibility index (Phi) is 1.97. The first kappa shape index (κ1) is 9.10. The Balaban J connectivity index is 2.71. The normalized spacial score (nSPS) is 10.8. The van der Waals surface area contributed by atoms with Gasteiger partial charge in [0.15, 0.2) is 5.43 Å². The zero-order chi connectivity index (χ0) is 11.0. The second-order valence-electron chi connectivity index (χ2n) is 3.83. The van der Waals surface area contributed by atoms with E-state index >= 15 is 0 Å². The topological polar surface area (TPSA) is 17.1 Å². The lowest BCUT2D eigenvalue weighted by molar-refractivity contribution is 1.74. The fraction of sp³-hybridized carbons (Fsp3) is 0. The van der Waals surface area contributed by atoms with Crippen LogP contribution in [0.3, 0.4) is 0 Å². The van der Waals surface area contributed by atoms with Crippen molar-refractivity contribution in [1.82, 2.24) is 0 Å². The SMILES string of the molecule is O=c1ccccc2ccc3ccccc3c12. The van der Waals surface area contributed by atoms with Gasteiger partial charge in [0.1, 0.15) is 0 Å². The average Bonchev–Trinajstić information content (AvgIpc) is 2.51. The van der Waals surface area contributed by atoms with Crippen LogP contribution in [0.15, 0.2) is 65.5 Å². The van der Waals surface area contributed by atoms with E-state index in [4.69, 9.17) is 0 Å². The summed E-state index contributed by atoms with van der Waals surface area (Å²) in [6.07, 6.45) is 0. The maximum atomic E-state index is 12.0. The summed E-state index contributed by atoms with van der Waals surface area (Å²) >= 11 is 0. The van der Waals surface area contributed by atoms with Crippen molar-refractivity contribution >= 4 is 21.5 Å². The lowest BCUT2D eigenvalue weighted by atomic mass is 10.0. The molecule has 16 heavy (non-hydrogen) atoms. The lowest BCUT2D eigenvalue weighted by Gasteiger charge is -1.99. The van der Waals surface area contributed by atoms with Gasteiger partial charge in [0.05, 0.1) is 0 Å². The van der Waals surface area contributed by atoms with Crippen LogP contribution in [-0.4, -0.2) is 0 Å². The van der Waals surface area contributed by atoms with E-state index in [1.54, 1.807) is 12.1 Å². The van der Waals surface area contributed by atoms with Gasteiger partial charge in [-0.15, -0.1) is 0 Å². The molecule has 0 amide bonds. The second kappa shape index (κ2) is 3.46. The van der Waals surface area contributed by atoms with Gasteiger partial charge in [-0.25, -0.2) is 0 Å². The molecule has 0 N–H and O–H groups in total. The minimum Gasteiger partial charge on any atom is -0.289 e. The Hall–Kier alpha value is -2.15. The van der Waals surface area contributed by atoms with Gasteiger partial charge in [-0.2, -0.15) is 0 Å². The number of rotatable bonds is 0.